The molecule has 0 bridgehead atoms. The fraction of sp³-hybridized carbons (Fsp3) is 0.176. The molecule has 1 N–H and O–H groups in total. The van der Waals surface area contributed by atoms with Crippen LogP contribution >= 0.6 is 11.3 Å². The zero-order valence-corrected chi connectivity index (χ0v) is 13.5. The van der Waals surface area contributed by atoms with Gasteiger partial charge in [-0.25, -0.2) is 9.37 Å². The predicted molar refractivity (Wildman–Crippen MR) is 89.7 cm³/mol. The van der Waals surface area contributed by atoms with Crippen LogP contribution in [0.2, 0.25) is 0 Å². The number of carbonyl (C=O) groups excluding carboxylic acids is 1. The van der Waals surface area contributed by atoms with Crippen molar-refractivity contribution in [3.05, 3.63) is 53.8 Å². The number of thiazole rings is 1. The first-order valence-electron chi connectivity index (χ1n) is 7.15. The van der Waals surface area contributed by atoms with Crippen LogP contribution < -0.4 is 10.1 Å². The van der Waals surface area contributed by atoms with Crippen LogP contribution in [0.15, 0.2) is 42.5 Å². The molecule has 4 nitrogen and oxygen atoms in total. The van der Waals surface area contributed by atoms with Gasteiger partial charge in [-0.3, -0.25) is 10.1 Å². The van der Waals surface area contributed by atoms with Gasteiger partial charge < -0.3 is 4.74 Å². The molecule has 23 heavy (non-hydrogen) atoms. The van der Waals surface area contributed by atoms with Gasteiger partial charge in [0.25, 0.3) is 5.91 Å². The van der Waals surface area contributed by atoms with Crippen molar-refractivity contribution in [2.75, 3.05) is 5.32 Å². The Morgan fingerprint density at radius 3 is 2.87 bits per heavy atom. The topological polar surface area (TPSA) is 51.2 Å². The molecular formula is C17H15FN2O2S. The predicted octanol–water partition coefficient (Wildman–Crippen LogP) is 4.47. The van der Waals surface area contributed by atoms with E-state index in [1.807, 2.05) is 13.8 Å². The summed E-state index contributed by atoms with van der Waals surface area (Å²) in [4.78, 5) is 16.6. The first kappa shape index (κ1) is 15.4. The molecule has 1 aromatic heterocycles. The number of nitrogens with zero attached hydrogens (tertiary/aromatic N) is 1. The number of rotatable bonds is 4. The smallest absolute Gasteiger partial charge is 0.257 e. The number of carbonyl (C=O) groups is 1. The number of anilines is 1. The van der Waals surface area contributed by atoms with Crippen molar-refractivity contribution in [1.29, 1.82) is 0 Å². The zero-order valence-electron chi connectivity index (χ0n) is 12.7. The van der Waals surface area contributed by atoms with E-state index in [-0.39, 0.29) is 17.8 Å². The van der Waals surface area contributed by atoms with Crippen LogP contribution in [0.1, 0.15) is 24.2 Å². The number of fused-ring (bicyclic) bond motifs is 1. The largest absolute Gasteiger partial charge is 0.491 e. The lowest BCUT2D eigenvalue weighted by molar-refractivity contribution is 0.102. The Bertz CT molecular complexity index is 861. The van der Waals surface area contributed by atoms with E-state index < -0.39 is 0 Å². The summed E-state index contributed by atoms with van der Waals surface area (Å²) in [5, 5.41) is 3.17. The number of halogens is 1. The molecule has 0 radical (unpaired) electrons. The quantitative estimate of drug-likeness (QED) is 0.767. The molecule has 0 fully saturated rings. The van der Waals surface area contributed by atoms with Crippen LogP contribution in [-0.2, 0) is 0 Å². The monoisotopic (exact) mass is 330 g/mol. The van der Waals surface area contributed by atoms with E-state index in [1.165, 1.54) is 23.5 Å². The number of amides is 1. The molecule has 0 saturated heterocycles. The number of nitrogens with one attached hydrogen (secondary N) is 1. The Morgan fingerprint density at radius 2 is 2.09 bits per heavy atom. The summed E-state index contributed by atoms with van der Waals surface area (Å²) in [5.41, 5.74) is 1.14. The summed E-state index contributed by atoms with van der Waals surface area (Å²) in [6.07, 6.45) is 0.0347. The highest BCUT2D eigenvalue weighted by Crippen LogP contribution is 2.27. The SMILES string of the molecule is CC(C)Oc1cccc(C(=O)Nc2nc3ccc(F)cc3s2)c1. The highest BCUT2D eigenvalue weighted by atomic mass is 32.1. The lowest BCUT2D eigenvalue weighted by Gasteiger charge is -2.10. The Hall–Kier alpha value is -2.47. The normalized spacial score (nSPS) is 11.0. The van der Waals surface area contributed by atoms with E-state index in [0.717, 1.165) is 0 Å². The van der Waals surface area contributed by atoms with Crippen LogP contribution in [0.25, 0.3) is 10.2 Å². The van der Waals surface area contributed by atoms with E-state index in [4.69, 9.17) is 4.74 Å². The minimum atomic E-state index is -0.322. The minimum absolute atomic E-state index is 0.0347. The third-order valence-corrected chi connectivity index (χ3v) is 3.97. The number of aromatic nitrogens is 1. The van der Waals surface area contributed by atoms with Gasteiger partial charge >= 0.3 is 0 Å². The van der Waals surface area contributed by atoms with Crippen LogP contribution in [0.4, 0.5) is 9.52 Å². The third-order valence-electron chi connectivity index (χ3n) is 3.04. The fourth-order valence-corrected chi connectivity index (χ4v) is 2.99. The molecule has 0 saturated carbocycles. The van der Waals surface area contributed by atoms with Gasteiger partial charge in [-0.15, -0.1) is 0 Å². The van der Waals surface area contributed by atoms with Crippen LogP contribution in [0, 0.1) is 5.82 Å². The summed E-state index contributed by atoms with van der Waals surface area (Å²) < 4.78 is 19.5. The Balaban J connectivity index is 1.80. The fourth-order valence-electron chi connectivity index (χ4n) is 2.10. The standard InChI is InChI=1S/C17H15FN2O2S/c1-10(2)22-13-5-3-4-11(8-13)16(21)20-17-19-14-7-6-12(18)9-15(14)23-17/h3-10H,1-2H3,(H,19,20,21). The van der Waals surface area contributed by atoms with Crippen molar-refractivity contribution >= 4 is 32.6 Å². The molecule has 1 amide bonds. The Labute approximate surface area is 136 Å². The molecule has 3 aromatic rings. The highest BCUT2D eigenvalue weighted by Gasteiger charge is 2.11. The maximum Gasteiger partial charge on any atom is 0.257 e. The zero-order chi connectivity index (χ0) is 16.4. The molecule has 1 heterocycles. The maximum absolute atomic E-state index is 13.2. The summed E-state index contributed by atoms with van der Waals surface area (Å²) >= 11 is 1.23. The second-order valence-corrected chi connectivity index (χ2v) is 6.31. The summed E-state index contributed by atoms with van der Waals surface area (Å²) in [7, 11) is 0. The molecule has 118 valence electrons. The number of hydrogen-bond donors (Lipinski definition) is 1. The number of benzene rings is 2. The van der Waals surface area contributed by atoms with Crippen molar-refractivity contribution in [1.82, 2.24) is 4.98 Å². The van der Waals surface area contributed by atoms with Gasteiger partial charge in [0.15, 0.2) is 5.13 Å². The first-order valence-corrected chi connectivity index (χ1v) is 7.97. The van der Waals surface area contributed by atoms with Crippen molar-refractivity contribution in [3.8, 4) is 5.75 Å². The lowest BCUT2D eigenvalue weighted by Crippen LogP contribution is -2.12. The molecule has 6 heteroatoms. The van der Waals surface area contributed by atoms with E-state index >= 15 is 0 Å². The second-order valence-electron chi connectivity index (χ2n) is 5.28. The van der Waals surface area contributed by atoms with Crippen LogP contribution in [0.5, 0.6) is 5.75 Å². The highest BCUT2D eigenvalue weighted by molar-refractivity contribution is 7.22. The summed E-state index contributed by atoms with van der Waals surface area (Å²) in [6, 6.07) is 11.3. The Morgan fingerprint density at radius 1 is 1.26 bits per heavy atom. The lowest BCUT2D eigenvalue weighted by atomic mass is 10.2. The van der Waals surface area contributed by atoms with Gasteiger partial charge in [0.05, 0.1) is 16.3 Å². The second kappa shape index (κ2) is 6.34. The van der Waals surface area contributed by atoms with E-state index in [1.54, 1.807) is 30.3 Å². The molecular weight excluding hydrogens is 315 g/mol. The van der Waals surface area contributed by atoms with Gasteiger partial charge in [0.2, 0.25) is 0 Å². The van der Waals surface area contributed by atoms with Crippen LogP contribution in [0.3, 0.4) is 0 Å². The summed E-state index contributed by atoms with van der Waals surface area (Å²) in [6.45, 7) is 3.85. The van der Waals surface area contributed by atoms with Gasteiger partial charge in [-0.05, 0) is 50.2 Å². The summed E-state index contributed by atoms with van der Waals surface area (Å²) in [5.74, 6) is 0.0373. The van der Waals surface area contributed by atoms with E-state index in [0.29, 0.717) is 26.7 Å². The number of hydrogen-bond acceptors (Lipinski definition) is 4. The maximum atomic E-state index is 13.2. The van der Waals surface area contributed by atoms with Crippen molar-refractivity contribution in [3.63, 3.8) is 0 Å². The Kier molecular flexibility index (Phi) is 4.25. The van der Waals surface area contributed by atoms with Gasteiger partial charge in [-0.2, -0.15) is 0 Å². The average molecular weight is 330 g/mol. The molecule has 0 spiro atoms. The van der Waals surface area contributed by atoms with Crippen molar-refractivity contribution in [2.24, 2.45) is 0 Å². The van der Waals surface area contributed by atoms with Crippen LogP contribution in [-0.4, -0.2) is 17.0 Å². The van der Waals surface area contributed by atoms with Gasteiger partial charge in [0, 0.05) is 5.56 Å². The van der Waals surface area contributed by atoms with E-state index in [2.05, 4.69) is 10.3 Å². The molecule has 0 atom stereocenters. The minimum Gasteiger partial charge on any atom is -0.491 e. The van der Waals surface area contributed by atoms with Gasteiger partial charge in [-0.1, -0.05) is 17.4 Å². The van der Waals surface area contributed by atoms with Crippen molar-refractivity contribution in [2.45, 2.75) is 20.0 Å². The molecule has 2 aromatic carbocycles. The molecule has 0 aliphatic rings. The molecule has 0 unspecified atom stereocenters. The molecule has 0 aliphatic carbocycles. The molecule has 0 aliphatic heterocycles. The average Bonchev–Trinajstić information content (AvgIpc) is 2.88. The van der Waals surface area contributed by atoms with Gasteiger partial charge in [0.1, 0.15) is 11.6 Å². The molecule has 3 rings (SSSR count). The third kappa shape index (κ3) is 3.65. The van der Waals surface area contributed by atoms with Crippen molar-refractivity contribution < 1.29 is 13.9 Å². The first-order chi connectivity index (χ1) is 11.0. The number of ether oxygens (including phenoxy) is 1. The van der Waals surface area contributed by atoms with E-state index in [9.17, 15) is 9.18 Å².